The number of ether oxygens (including phenoxy) is 1. The molecular formula is C12H12N4OS. The summed E-state index contributed by atoms with van der Waals surface area (Å²) >= 11 is 1.66. The third-order valence-corrected chi connectivity index (χ3v) is 2.92. The first-order valence-corrected chi connectivity index (χ1v) is 6.41. The van der Waals surface area contributed by atoms with Gasteiger partial charge < -0.3 is 10.5 Å². The molecule has 6 heteroatoms. The van der Waals surface area contributed by atoms with Crippen LogP contribution < -0.4 is 10.5 Å². The van der Waals surface area contributed by atoms with Gasteiger partial charge in [-0.3, -0.25) is 5.41 Å². The number of nitrogens with two attached hydrogens (primary N) is 1. The predicted octanol–water partition coefficient (Wildman–Crippen LogP) is 2.27. The highest BCUT2D eigenvalue weighted by Crippen LogP contribution is 2.22. The van der Waals surface area contributed by atoms with Crippen molar-refractivity contribution < 1.29 is 4.74 Å². The highest BCUT2D eigenvalue weighted by molar-refractivity contribution is 7.98. The summed E-state index contributed by atoms with van der Waals surface area (Å²) in [6, 6.07) is 9.33. The molecule has 0 unspecified atom stereocenters. The molecule has 18 heavy (non-hydrogen) atoms. The third kappa shape index (κ3) is 2.98. The smallest absolute Gasteiger partial charge is 0.322 e. The SMILES string of the molecule is CSc1ccc(Oc2nccc(C(=N)N)n2)cc1. The van der Waals surface area contributed by atoms with Crippen LogP contribution in [0.4, 0.5) is 0 Å². The van der Waals surface area contributed by atoms with E-state index in [-0.39, 0.29) is 11.8 Å². The summed E-state index contributed by atoms with van der Waals surface area (Å²) in [4.78, 5) is 9.14. The Labute approximate surface area is 109 Å². The molecule has 1 aromatic heterocycles. The second-order valence-electron chi connectivity index (χ2n) is 3.42. The minimum Gasteiger partial charge on any atom is -0.424 e. The minimum atomic E-state index is -0.111. The summed E-state index contributed by atoms with van der Waals surface area (Å²) in [7, 11) is 0. The van der Waals surface area contributed by atoms with Crippen molar-refractivity contribution in [3.63, 3.8) is 0 Å². The van der Waals surface area contributed by atoms with Crippen molar-refractivity contribution in [2.24, 2.45) is 5.73 Å². The van der Waals surface area contributed by atoms with Crippen molar-refractivity contribution >= 4 is 17.6 Å². The quantitative estimate of drug-likeness (QED) is 0.500. The number of amidine groups is 1. The molecule has 0 fully saturated rings. The molecule has 0 bridgehead atoms. The average molecular weight is 260 g/mol. The molecule has 0 aliphatic rings. The summed E-state index contributed by atoms with van der Waals surface area (Å²) in [5, 5.41) is 7.29. The lowest BCUT2D eigenvalue weighted by Gasteiger charge is -2.05. The fourth-order valence-corrected chi connectivity index (χ4v) is 1.70. The molecule has 0 spiro atoms. The fourth-order valence-electron chi connectivity index (χ4n) is 1.29. The van der Waals surface area contributed by atoms with Gasteiger partial charge >= 0.3 is 6.01 Å². The number of hydrogen-bond donors (Lipinski definition) is 2. The van der Waals surface area contributed by atoms with E-state index in [1.54, 1.807) is 17.8 Å². The zero-order valence-electron chi connectivity index (χ0n) is 9.75. The molecule has 2 rings (SSSR count). The average Bonchev–Trinajstić information content (AvgIpc) is 2.40. The molecule has 0 amide bonds. The van der Waals surface area contributed by atoms with E-state index >= 15 is 0 Å². The van der Waals surface area contributed by atoms with E-state index in [2.05, 4.69) is 9.97 Å². The summed E-state index contributed by atoms with van der Waals surface area (Å²) in [5.41, 5.74) is 5.70. The van der Waals surface area contributed by atoms with E-state index in [9.17, 15) is 0 Å². The highest BCUT2D eigenvalue weighted by atomic mass is 32.2. The Morgan fingerprint density at radius 1 is 1.28 bits per heavy atom. The molecule has 0 saturated carbocycles. The summed E-state index contributed by atoms with van der Waals surface area (Å²) < 4.78 is 5.48. The van der Waals surface area contributed by atoms with Gasteiger partial charge in [0.05, 0.1) is 0 Å². The number of benzene rings is 1. The van der Waals surface area contributed by atoms with Gasteiger partial charge in [-0.1, -0.05) is 0 Å². The number of hydrogen-bond acceptors (Lipinski definition) is 5. The first kappa shape index (κ1) is 12.4. The third-order valence-electron chi connectivity index (χ3n) is 2.18. The maximum Gasteiger partial charge on any atom is 0.322 e. The molecule has 1 aromatic carbocycles. The Hall–Kier alpha value is -2.08. The molecule has 1 heterocycles. The monoisotopic (exact) mass is 260 g/mol. The summed E-state index contributed by atoms with van der Waals surface area (Å²) in [6.45, 7) is 0. The topological polar surface area (TPSA) is 84.9 Å². The Bertz CT molecular complexity index is 556. The molecule has 2 aromatic rings. The van der Waals surface area contributed by atoms with Crippen LogP contribution in [-0.4, -0.2) is 22.1 Å². The first-order chi connectivity index (χ1) is 8.69. The second kappa shape index (κ2) is 5.50. The lowest BCUT2D eigenvalue weighted by atomic mass is 10.3. The summed E-state index contributed by atoms with van der Waals surface area (Å²) in [5.74, 6) is 0.536. The maximum atomic E-state index is 7.29. The van der Waals surface area contributed by atoms with Gasteiger partial charge in [0.15, 0.2) is 0 Å². The van der Waals surface area contributed by atoms with Gasteiger partial charge in [-0.05, 0) is 36.6 Å². The Kier molecular flexibility index (Phi) is 3.78. The Morgan fingerprint density at radius 3 is 2.61 bits per heavy atom. The molecule has 0 aliphatic carbocycles. The van der Waals surface area contributed by atoms with Crippen molar-refractivity contribution in [3.05, 3.63) is 42.2 Å². The van der Waals surface area contributed by atoms with Crippen LogP contribution in [0.15, 0.2) is 41.4 Å². The number of aromatic nitrogens is 2. The van der Waals surface area contributed by atoms with Crippen molar-refractivity contribution in [2.45, 2.75) is 4.90 Å². The van der Waals surface area contributed by atoms with Gasteiger partial charge in [0, 0.05) is 11.1 Å². The van der Waals surface area contributed by atoms with Crippen LogP contribution in [0.1, 0.15) is 5.69 Å². The lowest BCUT2D eigenvalue weighted by molar-refractivity contribution is 0.441. The van der Waals surface area contributed by atoms with Crippen LogP contribution in [0.2, 0.25) is 0 Å². The molecule has 92 valence electrons. The highest BCUT2D eigenvalue weighted by Gasteiger charge is 2.04. The zero-order valence-corrected chi connectivity index (χ0v) is 10.6. The number of nitrogen functional groups attached to an aromatic ring is 1. The van der Waals surface area contributed by atoms with Crippen molar-refractivity contribution in [1.82, 2.24) is 9.97 Å². The molecule has 0 atom stereocenters. The van der Waals surface area contributed by atoms with Crippen molar-refractivity contribution in [2.75, 3.05) is 6.26 Å². The standard InChI is InChI=1S/C12H12N4OS/c1-18-9-4-2-8(3-5-9)17-12-15-7-6-10(16-12)11(13)14/h2-7H,1H3,(H3,13,14). The number of rotatable bonds is 4. The van der Waals surface area contributed by atoms with Crippen molar-refractivity contribution in [3.8, 4) is 11.8 Å². The van der Waals surface area contributed by atoms with Gasteiger partial charge in [-0.25, -0.2) is 4.98 Å². The van der Waals surface area contributed by atoms with Crippen LogP contribution in [-0.2, 0) is 0 Å². The van der Waals surface area contributed by atoms with Gasteiger partial charge in [-0.2, -0.15) is 4.98 Å². The van der Waals surface area contributed by atoms with Gasteiger partial charge in [-0.15, -0.1) is 11.8 Å². The molecular weight excluding hydrogens is 248 g/mol. The zero-order chi connectivity index (χ0) is 13.0. The number of nitrogens with one attached hydrogen (secondary N) is 1. The number of thioether (sulfide) groups is 1. The largest absolute Gasteiger partial charge is 0.424 e. The van der Waals surface area contributed by atoms with E-state index < -0.39 is 0 Å². The van der Waals surface area contributed by atoms with E-state index in [1.807, 2.05) is 30.5 Å². The fraction of sp³-hybridized carbons (Fsp3) is 0.0833. The molecule has 0 aliphatic heterocycles. The second-order valence-corrected chi connectivity index (χ2v) is 4.30. The van der Waals surface area contributed by atoms with Crippen LogP contribution in [0, 0.1) is 5.41 Å². The van der Waals surface area contributed by atoms with E-state index in [0.717, 1.165) is 4.90 Å². The molecule has 0 saturated heterocycles. The van der Waals surface area contributed by atoms with Crippen LogP contribution in [0.3, 0.4) is 0 Å². The van der Waals surface area contributed by atoms with Crippen LogP contribution in [0.25, 0.3) is 0 Å². The molecule has 3 N–H and O–H groups in total. The van der Waals surface area contributed by atoms with E-state index in [0.29, 0.717) is 11.4 Å². The lowest BCUT2D eigenvalue weighted by Crippen LogP contribution is -2.13. The Morgan fingerprint density at radius 2 is 2.00 bits per heavy atom. The van der Waals surface area contributed by atoms with E-state index in [4.69, 9.17) is 15.9 Å². The number of nitrogens with zero attached hydrogens (tertiary/aromatic N) is 2. The van der Waals surface area contributed by atoms with E-state index in [1.165, 1.54) is 6.20 Å². The van der Waals surface area contributed by atoms with Crippen LogP contribution >= 0.6 is 11.8 Å². The van der Waals surface area contributed by atoms with Gasteiger partial charge in [0.25, 0.3) is 0 Å². The minimum absolute atomic E-state index is 0.111. The van der Waals surface area contributed by atoms with Crippen LogP contribution in [0.5, 0.6) is 11.8 Å². The molecule has 0 radical (unpaired) electrons. The predicted molar refractivity (Wildman–Crippen MR) is 71.3 cm³/mol. The van der Waals surface area contributed by atoms with Gasteiger partial charge in [0.1, 0.15) is 17.3 Å². The molecule has 5 nitrogen and oxygen atoms in total. The van der Waals surface area contributed by atoms with Crippen molar-refractivity contribution in [1.29, 1.82) is 5.41 Å². The maximum absolute atomic E-state index is 7.29. The van der Waals surface area contributed by atoms with Gasteiger partial charge in [0.2, 0.25) is 0 Å². The Balaban J connectivity index is 2.17. The summed E-state index contributed by atoms with van der Waals surface area (Å²) in [6.07, 6.45) is 3.52. The normalized spacial score (nSPS) is 10.1. The first-order valence-electron chi connectivity index (χ1n) is 5.18.